The summed E-state index contributed by atoms with van der Waals surface area (Å²) in [5.41, 5.74) is 2.64. The SMILES string of the molecule is CCN1CCN(C(=O)C2Cc3ccccc3CN2)CC1C. The molecule has 2 unspecified atom stereocenters. The zero-order chi connectivity index (χ0) is 14.8. The van der Waals surface area contributed by atoms with Gasteiger partial charge in [-0.2, -0.15) is 0 Å². The van der Waals surface area contributed by atoms with E-state index in [1.165, 1.54) is 11.1 Å². The second-order valence-corrected chi connectivity index (χ2v) is 6.17. The number of nitrogens with zero attached hydrogens (tertiary/aromatic N) is 2. The first-order chi connectivity index (χ1) is 10.2. The fourth-order valence-electron chi connectivity index (χ4n) is 3.51. The van der Waals surface area contributed by atoms with E-state index in [-0.39, 0.29) is 11.9 Å². The maximum Gasteiger partial charge on any atom is 0.240 e. The summed E-state index contributed by atoms with van der Waals surface area (Å²) in [6.07, 6.45) is 0.817. The fourth-order valence-corrected chi connectivity index (χ4v) is 3.51. The number of carbonyl (C=O) groups is 1. The Morgan fingerprint density at radius 1 is 1.29 bits per heavy atom. The van der Waals surface area contributed by atoms with Gasteiger partial charge in [-0.25, -0.2) is 0 Å². The van der Waals surface area contributed by atoms with E-state index in [1.807, 2.05) is 4.90 Å². The largest absolute Gasteiger partial charge is 0.338 e. The standard InChI is InChI=1S/C17H25N3O/c1-3-19-8-9-20(12-13(19)2)17(21)16-10-14-6-4-5-7-15(14)11-18-16/h4-7,13,16,18H,3,8-12H2,1-2H3. The third-order valence-corrected chi connectivity index (χ3v) is 4.86. The van der Waals surface area contributed by atoms with Crippen LogP contribution in [0.1, 0.15) is 25.0 Å². The van der Waals surface area contributed by atoms with Crippen molar-refractivity contribution in [3.8, 4) is 0 Å². The highest BCUT2D eigenvalue weighted by atomic mass is 16.2. The Labute approximate surface area is 127 Å². The molecule has 2 aliphatic rings. The molecule has 0 bridgehead atoms. The Hall–Kier alpha value is -1.39. The van der Waals surface area contributed by atoms with E-state index < -0.39 is 0 Å². The molecule has 4 heteroatoms. The Morgan fingerprint density at radius 3 is 2.76 bits per heavy atom. The van der Waals surface area contributed by atoms with Gasteiger partial charge in [0.1, 0.15) is 0 Å². The van der Waals surface area contributed by atoms with Gasteiger partial charge in [-0.15, -0.1) is 0 Å². The lowest BCUT2D eigenvalue weighted by Crippen LogP contribution is -2.58. The second kappa shape index (κ2) is 6.16. The van der Waals surface area contributed by atoms with Crippen LogP contribution in [0, 0.1) is 0 Å². The average molecular weight is 287 g/mol. The number of likely N-dealkylation sites (N-methyl/N-ethyl adjacent to an activating group) is 1. The summed E-state index contributed by atoms with van der Waals surface area (Å²) in [4.78, 5) is 17.2. The number of piperazine rings is 1. The molecular weight excluding hydrogens is 262 g/mol. The van der Waals surface area contributed by atoms with Gasteiger partial charge in [0.05, 0.1) is 6.04 Å². The number of hydrogen-bond acceptors (Lipinski definition) is 3. The molecular formula is C17H25N3O. The summed E-state index contributed by atoms with van der Waals surface area (Å²) < 4.78 is 0. The molecule has 0 spiro atoms. The number of benzene rings is 1. The van der Waals surface area contributed by atoms with Gasteiger partial charge in [-0.1, -0.05) is 31.2 Å². The van der Waals surface area contributed by atoms with Gasteiger partial charge in [0.15, 0.2) is 0 Å². The van der Waals surface area contributed by atoms with Crippen LogP contribution in [0.3, 0.4) is 0 Å². The Balaban J connectivity index is 1.65. The minimum absolute atomic E-state index is 0.0553. The molecule has 4 nitrogen and oxygen atoms in total. The Morgan fingerprint density at radius 2 is 2.05 bits per heavy atom. The summed E-state index contributed by atoms with van der Waals surface area (Å²) >= 11 is 0. The zero-order valence-corrected chi connectivity index (χ0v) is 13.0. The molecule has 1 fully saturated rings. The number of amides is 1. The Bertz CT molecular complexity index is 517. The first kappa shape index (κ1) is 14.5. The van der Waals surface area contributed by atoms with Gasteiger partial charge in [0.25, 0.3) is 0 Å². The first-order valence-corrected chi connectivity index (χ1v) is 8.02. The lowest BCUT2D eigenvalue weighted by Gasteiger charge is -2.41. The molecule has 2 atom stereocenters. The number of nitrogens with one attached hydrogen (secondary N) is 1. The highest BCUT2D eigenvalue weighted by Gasteiger charge is 2.31. The number of carbonyl (C=O) groups excluding carboxylic acids is 1. The van der Waals surface area contributed by atoms with Gasteiger partial charge in [-0.3, -0.25) is 9.69 Å². The van der Waals surface area contributed by atoms with Crippen molar-refractivity contribution in [2.24, 2.45) is 0 Å². The van der Waals surface area contributed by atoms with Crippen molar-refractivity contribution in [2.75, 3.05) is 26.2 Å². The molecule has 0 saturated carbocycles. The second-order valence-electron chi connectivity index (χ2n) is 6.17. The maximum atomic E-state index is 12.7. The first-order valence-electron chi connectivity index (χ1n) is 8.02. The van der Waals surface area contributed by atoms with Crippen LogP contribution in [-0.2, 0) is 17.8 Å². The van der Waals surface area contributed by atoms with Crippen LogP contribution < -0.4 is 5.32 Å². The molecule has 114 valence electrons. The van der Waals surface area contributed by atoms with Crippen LogP contribution in [-0.4, -0.2) is 54.0 Å². The molecule has 1 amide bonds. The van der Waals surface area contributed by atoms with Crippen molar-refractivity contribution in [3.63, 3.8) is 0 Å². The van der Waals surface area contributed by atoms with Gasteiger partial charge in [0, 0.05) is 32.2 Å². The smallest absolute Gasteiger partial charge is 0.240 e. The Kier molecular flexibility index (Phi) is 4.27. The van der Waals surface area contributed by atoms with E-state index >= 15 is 0 Å². The predicted molar refractivity (Wildman–Crippen MR) is 84.1 cm³/mol. The highest BCUT2D eigenvalue weighted by Crippen LogP contribution is 2.18. The van der Waals surface area contributed by atoms with Crippen LogP contribution in [0.5, 0.6) is 0 Å². The van der Waals surface area contributed by atoms with Gasteiger partial charge >= 0.3 is 0 Å². The van der Waals surface area contributed by atoms with Crippen molar-refractivity contribution in [1.82, 2.24) is 15.1 Å². The number of hydrogen-bond donors (Lipinski definition) is 1. The third kappa shape index (κ3) is 2.97. The number of fused-ring (bicyclic) bond motifs is 1. The predicted octanol–water partition coefficient (Wildman–Crippen LogP) is 1.25. The van der Waals surface area contributed by atoms with E-state index in [0.717, 1.165) is 39.1 Å². The average Bonchev–Trinajstić information content (AvgIpc) is 2.53. The molecule has 21 heavy (non-hydrogen) atoms. The quantitative estimate of drug-likeness (QED) is 0.889. The summed E-state index contributed by atoms with van der Waals surface area (Å²) in [7, 11) is 0. The fraction of sp³-hybridized carbons (Fsp3) is 0.588. The molecule has 1 saturated heterocycles. The van der Waals surface area contributed by atoms with Crippen molar-refractivity contribution < 1.29 is 4.79 Å². The molecule has 0 radical (unpaired) electrons. The van der Waals surface area contributed by atoms with E-state index in [4.69, 9.17) is 0 Å². The molecule has 2 aliphatic heterocycles. The summed E-state index contributed by atoms with van der Waals surface area (Å²) in [5, 5.41) is 3.41. The van der Waals surface area contributed by atoms with Gasteiger partial charge in [-0.05, 0) is 31.0 Å². The molecule has 1 aromatic rings. The van der Waals surface area contributed by atoms with Crippen LogP contribution in [0.15, 0.2) is 24.3 Å². The lowest BCUT2D eigenvalue weighted by atomic mass is 9.95. The van der Waals surface area contributed by atoms with Crippen molar-refractivity contribution in [3.05, 3.63) is 35.4 Å². The minimum Gasteiger partial charge on any atom is -0.338 e. The molecule has 0 aliphatic carbocycles. The van der Waals surface area contributed by atoms with Crippen molar-refractivity contribution in [1.29, 1.82) is 0 Å². The molecule has 3 rings (SSSR count). The molecule has 1 N–H and O–H groups in total. The van der Waals surface area contributed by atoms with Crippen LogP contribution in [0.4, 0.5) is 0 Å². The summed E-state index contributed by atoms with van der Waals surface area (Å²) in [6.45, 7) is 8.98. The molecule has 1 aromatic carbocycles. The van der Waals surface area contributed by atoms with Gasteiger partial charge < -0.3 is 10.2 Å². The summed E-state index contributed by atoms with van der Waals surface area (Å²) in [5.74, 6) is 0.270. The minimum atomic E-state index is -0.0553. The zero-order valence-electron chi connectivity index (χ0n) is 13.0. The lowest BCUT2D eigenvalue weighted by molar-refractivity contribution is -0.136. The monoisotopic (exact) mass is 287 g/mol. The molecule has 0 aromatic heterocycles. The van der Waals surface area contributed by atoms with Crippen LogP contribution in [0.25, 0.3) is 0 Å². The van der Waals surface area contributed by atoms with E-state index in [9.17, 15) is 4.79 Å². The van der Waals surface area contributed by atoms with E-state index in [1.54, 1.807) is 0 Å². The normalized spacial score (nSPS) is 26.5. The van der Waals surface area contributed by atoms with Crippen molar-refractivity contribution in [2.45, 2.75) is 38.9 Å². The van der Waals surface area contributed by atoms with Crippen LogP contribution in [0.2, 0.25) is 0 Å². The van der Waals surface area contributed by atoms with Crippen molar-refractivity contribution >= 4 is 5.91 Å². The van der Waals surface area contributed by atoms with E-state index in [0.29, 0.717) is 6.04 Å². The summed E-state index contributed by atoms with van der Waals surface area (Å²) in [6, 6.07) is 8.82. The number of rotatable bonds is 2. The van der Waals surface area contributed by atoms with E-state index in [2.05, 4.69) is 48.3 Å². The highest BCUT2D eigenvalue weighted by molar-refractivity contribution is 5.82. The molecule has 2 heterocycles. The van der Waals surface area contributed by atoms with Gasteiger partial charge in [0.2, 0.25) is 5.91 Å². The van der Waals surface area contributed by atoms with Crippen LogP contribution >= 0.6 is 0 Å². The third-order valence-electron chi connectivity index (χ3n) is 4.86. The topological polar surface area (TPSA) is 35.6 Å². The maximum absolute atomic E-state index is 12.7.